The van der Waals surface area contributed by atoms with Gasteiger partial charge < -0.3 is 14.4 Å². The quantitative estimate of drug-likeness (QED) is 0.836. The Bertz CT molecular complexity index is 764. The van der Waals surface area contributed by atoms with Crippen LogP contribution in [0.2, 0.25) is 0 Å². The summed E-state index contributed by atoms with van der Waals surface area (Å²) in [7, 11) is 2.12. The van der Waals surface area contributed by atoms with Gasteiger partial charge >= 0.3 is 0 Å². The van der Waals surface area contributed by atoms with Crippen LogP contribution in [0.4, 0.5) is 5.69 Å². The van der Waals surface area contributed by atoms with Crippen LogP contribution in [0.3, 0.4) is 0 Å². The fourth-order valence-electron chi connectivity index (χ4n) is 2.86. The molecule has 0 N–H and O–H groups in total. The fourth-order valence-corrected chi connectivity index (χ4v) is 2.86. The van der Waals surface area contributed by atoms with Gasteiger partial charge in [0.05, 0.1) is 6.04 Å². The molecule has 3 nitrogen and oxygen atoms in total. The van der Waals surface area contributed by atoms with Gasteiger partial charge in [0.25, 0.3) is 0 Å². The Morgan fingerprint density at radius 3 is 2.91 bits per heavy atom. The summed E-state index contributed by atoms with van der Waals surface area (Å²) < 4.78 is 10.8. The average molecular weight is 291 g/mol. The van der Waals surface area contributed by atoms with Gasteiger partial charge in [-0.15, -0.1) is 0 Å². The van der Waals surface area contributed by atoms with Crippen LogP contribution < -0.4 is 14.4 Å². The highest BCUT2D eigenvalue weighted by molar-refractivity contribution is 5.73. The van der Waals surface area contributed by atoms with E-state index >= 15 is 0 Å². The predicted molar refractivity (Wildman–Crippen MR) is 89.3 cm³/mol. The lowest BCUT2D eigenvalue weighted by Crippen LogP contribution is -2.30. The maximum Gasteiger partial charge on any atom is 0.231 e. The number of rotatable bonds is 2. The largest absolute Gasteiger partial charge is 0.454 e. The van der Waals surface area contributed by atoms with Crippen LogP contribution in [0.1, 0.15) is 11.1 Å². The molecule has 4 rings (SSSR count). The molecule has 2 aromatic rings. The molecule has 2 heterocycles. The Labute approximate surface area is 130 Å². The summed E-state index contributed by atoms with van der Waals surface area (Å²) in [5.41, 5.74) is 3.63. The number of hydrogen-bond donors (Lipinski definition) is 0. The number of anilines is 1. The van der Waals surface area contributed by atoms with Crippen molar-refractivity contribution in [3.8, 4) is 11.5 Å². The Kier molecular flexibility index (Phi) is 3.11. The first kappa shape index (κ1) is 13.0. The van der Waals surface area contributed by atoms with Gasteiger partial charge in [0.2, 0.25) is 6.79 Å². The lowest BCUT2D eigenvalue weighted by atomic mass is 10.0. The van der Waals surface area contributed by atoms with E-state index < -0.39 is 0 Å². The van der Waals surface area contributed by atoms with Crippen LogP contribution in [0.25, 0.3) is 12.2 Å². The molecule has 0 aromatic heterocycles. The monoisotopic (exact) mass is 291 g/mol. The van der Waals surface area contributed by atoms with Gasteiger partial charge in [-0.3, -0.25) is 0 Å². The van der Waals surface area contributed by atoms with Gasteiger partial charge in [0.1, 0.15) is 0 Å². The molecular formula is C19H17NO2. The number of ether oxygens (including phenoxy) is 2. The van der Waals surface area contributed by atoms with Gasteiger partial charge in [0, 0.05) is 12.7 Å². The molecular weight excluding hydrogens is 274 g/mol. The number of benzene rings is 2. The van der Waals surface area contributed by atoms with Crippen molar-refractivity contribution in [1.82, 2.24) is 0 Å². The molecule has 3 heteroatoms. The molecule has 0 saturated heterocycles. The summed E-state index contributed by atoms with van der Waals surface area (Å²) in [6.07, 6.45) is 8.72. The predicted octanol–water partition coefficient (Wildman–Crippen LogP) is 3.96. The Morgan fingerprint density at radius 2 is 1.95 bits per heavy atom. The minimum atomic E-state index is 0.250. The van der Waals surface area contributed by atoms with Crippen LogP contribution in [-0.4, -0.2) is 19.9 Å². The van der Waals surface area contributed by atoms with Gasteiger partial charge in [-0.1, -0.05) is 48.6 Å². The van der Waals surface area contributed by atoms with Crippen LogP contribution in [0.5, 0.6) is 11.5 Å². The summed E-state index contributed by atoms with van der Waals surface area (Å²) in [5, 5.41) is 0. The first-order valence-corrected chi connectivity index (χ1v) is 7.39. The topological polar surface area (TPSA) is 21.7 Å². The van der Waals surface area contributed by atoms with Crippen LogP contribution in [0, 0.1) is 0 Å². The third-order valence-electron chi connectivity index (χ3n) is 4.12. The van der Waals surface area contributed by atoms with Crippen molar-refractivity contribution in [2.24, 2.45) is 0 Å². The lowest BCUT2D eigenvalue weighted by Gasteiger charge is -2.30. The van der Waals surface area contributed by atoms with E-state index in [9.17, 15) is 0 Å². The molecule has 110 valence electrons. The van der Waals surface area contributed by atoms with E-state index in [-0.39, 0.29) is 6.04 Å². The molecule has 0 aliphatic carbocycles. The summed E-state index contributed by atoms with van der Waals surface area (Å²) in [6.45, 7) is 0.313. The van der Waals surface area contributed by atoms with Crippen molar-refractivity contribution in [2.45, 2.75) is 6.04 Å². The summed E-state index contributed by atoms with van der Waals surface area (Å²) >= 11 is 0. The molecule has 0 bridgehead atoms. The van der Waals surface area contributed by atoms with E-state index in [1.54, 1.807) is 0 Å². The summed E-state index contributed by atoms with van der Waals surface area (Å²) in [6, 6.07) is 14.7. The molecule has 22 heavy (non-hydrogen) atoms. The maximum absolute atomic E-state index is 5.42. The third-order valence-corrected chi connectivity index (χ3v) is 4.12. The van der Waals surface area contributed by atoms with Crippen LogP contribution in [-0.2, 0) is 0 Å². The molecule has 0 amide bonds. The van der Waals surface area contributed by atoms with Crippen molar-refractivity contribution >= 4 is 17.8 Å². The second-order valence-electron chi connectivity index (χ2n) is 5.49. The van der Waals surface area contributed by atoms with Crippen molar-refractivity contribution in [2.75, 3.05) is 18.7 Å². The van der Waals surface area contributed by atoms with Crippen LogP contribution in [0.15, 0.2) is 54.6 Å². The Balaban J connectivity index is 1.57. The zero-order valence-electron chi connectivity index (χ0n) is 12.4. The smallest absolute Gasteiger partial charge is 0.231 e. The number of likely N-dealkylation sites (N-methyl/N-ethyl adjacent to an activating group) is 1. The van der Waals surface area contributed by atoms with E-state index in [2.05, 4.69) is 60.5 Å². The molecule has 2 aliphatic rings. The second kappa shape index (κ2) is 5.26. The van der Waals surface area contributed by atoms with E-state index in [1.807, 2.05) is 18.2 Å². The van der Waals surface area contributed by atoms with Gasteiger partial charge in [0.15, 0.2) is 11.5 Å². The highest BCUT2D eigenvalue weighted by Gasteiger charge is 2.16. The van der Waals surface area contributed by atoms with E-state index in [0.717, 1.165) is 17.1 Å². The number of fused-ring (bicyclic) bond motifs is 2. The van der Waals surface area contributed by atoms with Crippen molar-refractivity contribution in [1.29, 1.82) is 0 Å². The van der Waals surface area contributed by atoms with Crippen molar-refractivity contribution in [3.63, 3.8) is 0 Å². The number of hydrogen-bond acceptors (Lipinski definition) is 3. The SMILES string of the molecule is CN1c2ccccc2C=CC1/C=C/c1ccc2c(c1)OCO2. The average Bonchev–Trinajstić information content (AvgIpc) is 3.02. The third kappa shape index (κ3) is 2.25. The maximum atomic E-state index is 5.42. The molecule has 0 spiro atoms. The molecule has 1 unspecified atom stereocenters. The highest BCUT2D eigenvalue weighted by atomic mass is 16.7. The molecule has 2 aromatic carbocycles. The zero-order chi connectivity index (χ0) is 14.9. The van der Waals surface area contributed by atoms with Crippen LogP contribution >= 0.6 is 0 Å². The molecule has 0 fully saturated rings. The number of para-hydroxylation sites is 1. The Hall–Kier alpha value is -2.68. The highest BCUT2D eigenvalue weighted by Crippen LogP contribution is 2.33. The number of nitrogens with zero attached hydrogens (tertiary/aromatic N) is 1. The Morgan fingerprint density at radius 1 is 1.09 bits per heavy atom. The fraction of sp³-hybridized carbons (Fsp3) is 0.158. The molecule has 0 radical (unpaired) electrons. The van der Waals surface area contributed by atoms with E-state index in [1.165, 1.54) is 11.3 Å². The molecule has 0 saturated carbocycles. The molecule has 2 aliphatic heterocycles. The zero-order valence-corrected chi connectivity index (χ0v) is 12.4. The van der Waals surface area contributed by atoms with E-state index in [0.29, 0.717) is 6.79 Å². The first-order valence-electron chi connectivity index (χ1n) is 7.39. The minimum Gasteiger partial charge on any atom is -0.454 e. The van der Waals surface area contributed by atoms with Crippen molar-refractivity contribution in [3.05, 3.63) is 65.7 Å². The van der Waals surface area contributed by atoms with Gasteiger partial charge in [-0.2, -0.15) is 0 Å². The lowest BCUT2D eigenvalue weighted by molar-refractivity contribution is 0.174. The second-order valence-corrected chi connectivity index (χ2v) is 5.49. The minimum absolute atomic E-state index is 0.250. The van der Waals surface area contributed by atoms with Gasteiger partial charge in [-0.25, -0.2) is 0 Å². The molecule has 1 atom stereocenters. The normalized spacial score (nSPS) is 18.8. The summed E-state index contributed by atoms with van der Waals surface area (Å²) in [4.78, 5) is 2.28. The van der Waals surface area contributed by atoms with E-state index in [4.69, 9.17) is 9.47 Å². The standard InChI is InChI=1S/C19H17NO2/c1-20-16(10-8-15-4-2-3-5-17(15)20)9-6-14-7-11-18-19(12-14)22-13-21-18/h2-12,16H,13H2,1H3/b9-6+. The summed E-state index contributed by atoms with van der Waals surface area (Å²) in [5.74, 6) is 1.64. The van der Waals surface area contributed by atoms with Crippen molar-refractivity contribution < 1.29 is 9.47 Å². The van der Waals surface area contributed by atoms with Gasteiger partial charge in [-0.05, 0) is 29.3 Å². The first-order chi connectivity index (χ1) is 10.8.